The number of nitrogens with zero attached hydrogens (tertiary/aromatic N) is 1. The second-order valence-electron chi connectivity index (χ2n) is 2.46. The maximum Gasteiger partial charge on any atom is 0.0589 e. The molecule has 0 aromatic rings. The number of hydrogen-bond donors (Lipinski definition) is 1. The number of ether oxygens (including phenoxy) is 1. The van der Waals surface area contributed by atoms with E-state index in [2.05, 4.69) is 18.0 Å². The van der Waals surface area contributed by atoms with Crippen LogP contribution in [0, 0.1) is 0 Å². The van der Waals surface area contributed by atoms with Gasteiger partial charge in [0, 0.05) is 26.7 Å². The largest absolute Gasteiger partial charge is 0.383 e. The summed E-state index contributed by atoms with van der Waals surface area (Å²) >= 11 is 0. The maximum atomic E-state index is 5.28. The van der Waals surface area contributed by atoms with E-state index in [0.717, 1.165) is 19.7 Å². The third-order valence-corrected chi connectivity index (χ3v) is 1.40. The molecule has 0 unspecified atom stereocenters. The minimum Gasteiger partial charge on any atom is -0.383 e. The molecular formula is C8H18N2O. The van der Waals surface area contributed by atoms with Gasteiger partial charge in [0.25, 0.3) is 0 Å². The summed E-state index contributed by atoms with van der Waals surface area (Å²) in [5.74, 6) is 0. The Morgan fingerprint density at radius 2 is 2.18 bits per heavy atom. The van der Waals surface area contributed by atoms with Gasteiger partial charge in [0.1, 0.15) is 0 Å². The van der Waals surface area contributed by atoms with Crippen LogP contribution in [0.3, 0.4) is 0 Å². The molecule has 0 saturated heterocycles. The molecule has 0 aliphatic heterocycles. The lowest BCUT2D eigenvalue weighted by molar-refractivity contribution is 0.166. The molecule has 0 radical (unpaired) electrons. The Balaban J connectivity index is 3.21. The molecule has 0 aromatic carbocycles. The molecule has 3 nitrogen and oxygen atoms in total. The minimum atomic E-state index is 0.623. The van der Waals surface area contributed by atoms with Crippen LogP contribution in [0.5, 0.6) is 0 Å². The van der Waals surface area contributed by atoms with E-state index in [9.17, 15) is 0 Å². The fourth-order valence-electron chi connectivity index (χ4n) is 0.689. The third-order valence-electron chi connectivity index (χ3n) is 1.40. The summed E-state index contributed by atoms with van der Waals surface area (Å²) in [6.07, 6.45) is 4.03. The van der Waals surface area contributed by atoms with Gasteiger partial charge < -0.3 is 15.4 Å². The van der Waals surface area contributed by atoms with Gasteiger partial charge in [0.05, 0.1) is 6.61 Å². The first-order valence-corrected chi connectivity index (χ1v) is 3.83. The van der Waals surface area contributed by atoms with Gasteiger partial charge in [-0.3, -0.25) is 0 Å². The molecule has 0 saturated carbocycles. The minimum absolute atomic E-state index is 0.623. The van der Waals surface area contributed by atoms with E-state index in [1.165, 1.54) is 0 Å². The monoisotopic (exact) mass is 158 g/mol. The smallest absolute Gasteiger partial charge is 0.0589 e. The Bertz CT molecular complexity index is 104. The molecule has 0 atom stereocenters. The Morgan fingerprint density at radius 3 is 2.73 bits per heavy atom. The van der Waals surface area contributed by atoms with E-state index in [-0.39, 0.29) is 0 Å². The van der Waals surface area contributed by atoms with Crippen molar-refractivity contribution < 1.29 is 4.74 Å². The first-order valence-electron chi connectivity index (χ1n) is 3.83. The van der Waals surface area contributed by atoms with E-state index >= 15 is 0 Å². The maximum absolute atomic E-state index is 5.28. The molecule has 0 aliphatic rings. The second kappa shape index (κ2) is 7.72. The normalized spacial score (nSPS) is 11.6. The molecule has 0 spiro atoms. The fraction of sp³-hybridized carbons (Fsp3) is 0.750. The van der Waals surface area contributed by atoms with Crippen LogP contribution in [0.1, 0.15) is 0 Å². The second-order valence-corrected chi connectivity index (χ2v) is 2.46. The van der Waals surface area contributed by atoms with Gasteiger partial charge in [-0.25, -0.2) is 0 Å². The molecule has 3 heteroatoms. The summed E-state index contributed by atoms with van der Waals surface area (Å²) < 4.78 is 4.93. The number of hydrogen-bond acceptors (Lipinski definition) is 3. The third kappa shape index (κ3) is 7.52. The quantitative estimate of drug-likeness (QED) is 0.556. The van der Waals surface area contributed by atoms with Crippen molar-refractivity contribution >= 4 is 0 Å². The van der Waals surface area contributed by atoms with E-state index in [1.807, 2.05) is 6.08 Å². The van der Waals surface area contributed by atoms with Crippen molar-refractivity contribution in [2.24, 2.45) is 5.73 Å². The molecule has 0 heterocycles. The summed E-state index contributed by atoms with van der Waals surface area (Å²) in [7, 11) is 3.77. The highest BCUT2D eigenvalue weighted by atomic mass is 16.5. The SMILES string of the molecule is COCCN(C)CC=CCN. The standard InChI is InChI=1S/C8H18N2O/c1-10(7-8-11-2)6-4-3-5-9/h3-4H,5-9H2,1-2H3. The van der Waals surface area contributed by atoms with E-state index in [4.69, 9.17) is 10.5 Å². The number of nitrogens with two attached hydrogens (primary N) is 1. The van der Waals surface area contributed by atoms with Crippen molar-refractivity contribution in [1.29, 1.82) is 0 Å². The lowest BCUT2D eigenvalue weighted by Crippen LogP contribution is -2.22. The lowest BCUT2D eigenvalue weighted by atomic mass is 10.4. The first-order chi connectivity index (χ1) is 5.31. The van der Waals surface area contributed by atoms with Crippen LogP contribution in [0.4, 0.5) is 0 Å². The van der Waals surface area contributed by atoms with Crippen LogP contribution in [-0.4, -0.2) is 45.3 Å². The van der Waals surface area contributed by atoms with Crippen LogP contribution in [0.25, 0.3) is 0 Å². The predicted molar refractivity (Wildman–Crippen MR) is 47.6 cm³/mol. The summed E-state index contributed by atoms with van der Waals surface area (Å²) in [6.45, 7) is 3.32. The summed E-state index contributed by atoms with van der Waals surface area (Å²) in [4.78, 5) is 2.18. The zero-order chi connectivity index (χ0) is 8.53. The van der Waals surface area contributed by atoms with Gasteiger partial charge in [-0.15, -0.1) is 0 Å². The van der Waals surface area contributed by atoms with Crippen molar-refractivity contribution in [1.82, 2.24) is 4.90 Å². The van der Waals surface area contributed by atoms with Crippen molar-refractivity contribution in [3.8, 4) is 0 Å². The van der Waals surface area contributed by atoms with Gasteiger partial charge in [-0.1, -0.05) is 12.2 Å². The average molecular weight is 158 g/mol. The summed E-state index contributed by atoms with van der Waals surface area (Å²) in [5, 5.41) is 0. The van der Waals surface area contributed by atoms with Crippen LogP contribution >= 0.6 is 0 Å². The molecule has 0 amide bonds. The molecule has 0 aliphatic carbocycles. The number of methoxy groups -OCH3 is 1. The Labute approximate surface area is 68.8 Å². The van der Waals surface area contributed by atoms with Crippen molar-refractivity contribution in [3.63, 3.8) is 0 Å². The molecule has 0 bridgehead atoms. The van der Waals surface area contributed by atoms with E-state index in [0.29, 0.717) is 6.54 Å². The number of rotatable bonds is 6. The van der Waals surface area contributed by atoms with Crippen LogP contribution < -0.4 is 5.73 Å². The Kier molecular flexibility index (Phi) is 7.46. The van der Waals surface area contributed by atoms with E-state index in [1.54, 1.807) is 7.11 Å². The van der Waals surface area contributed by atoms with Crippen molar-refractivity contribution in [3.05, 3.63) is 12.2 Å². The highest BCUT2D eigenvalue weighted by Gasteiger charge is 1.92. The van der Waals surface area contributed by atoms with Gasteiger partial charge in [-0.2, -0.15) is 0 Å². The summed E-state index contributed by atoms with van der Waals surface area (Å²) in [5.41, 5.74) is 5.28. The highest BCUT2D eigenvalue weighted by Crippen LogP contribution is 1.82. The molecule has 0 fully saturated rings. The van der Waals surface area contributed by atoms with Crippen LogP contribution in [-0.2, 0) is 4.74 Å². The zero-order valence-corrected chi connectivity index (χ0v) is 7.42. The summed E-state index contributed by atoms with van der Waals surface area (Å²) in [6, 6.07) is 0. The van der Waals surface area contributed by atoms with Crippen molar-refractivity contribution in [2.45, 2.75) is 0 Å². The average Bonchev–Trinajstić information content (AvgIpc) is 2.01. The fourth-order valence-corrected chi connectivity index (χ4v) is 0.689. The molecule has 2 N–H and O–H groups in total. The molecular weight excluding hydrogens is 140 g/mol. The predicted octanol–water partition coefficient (Wildman–Crippen LogP) is 0.0795. The molecule has 0 rings (SSSR count). The molecule has 0 aromatic heterocycles. The van der Waals surface area contributed by atoms with Crippen molar-refractivity contribution in [2.75, 3.05) is 40.4 Å². The van der Waals surface area contributed by atoms with Gasteiger partial charge in [-0.05, 0) is 7.05 Å². The van der Waals surface area contributed by atoms with E-state index < -0.39 is 0 Å². The van der Waals surface area contributed by atoms with Gasteiger partial charge >= 0.3 is 0 Å². The van der Waals surface area contributed by atoms with Crippen LogP contribution in [0.15, 0.2) is 12.2 Å². The topological polar surface area (TPSA) is 38.5 Å². The first kappa shape index (κ1) is 10.6. The molecule has 66 valence electrons. The zero-order valence-electron chi connectivity index (χ0n) is 7.42. The molecule has 11 heavy (non-hydrogen) atoms. The lowest BCUT2D eigenvalue weighted by Gasteiger charge is -2.12. The van der Waals surface area contributed by atoms with Gasteiger partial charge in [0.2, 0.25) is 0 Å². The Morgan fingerprint density at radius 1 is 1.45 bits per heavy atom. The van der Waals surface area contributed by atoms with Gasteiger partial charge in [0.15, 0.2) is 0 Å². The highest BCUT2D eigenvalue weighted by molar-refractivity contribution is 4.84. The number of likely N-dealkylation sites (N-methyl/N-ethyl adjacent to an activating group) is 1. The van der Waals surface area contributed by atoms with Crippen LogP contribution in [0.2, 0.25) is 0 Å². The Hall–Kier alpha value is -0.380.